The minimum atomic E-state index is -1.02. The van der Waals surface area contributed by atoms with E-state index >= 15 is 0 Å². The van der Waals surface area contributed by atoms with Gasteiger partial charge in [0, 0.05) is 20.2 Å². The second kappa shape index (κ2) is 7.89. The predicted molar refractivity (Wildman–Crippen MR) is 63.9 cm³/mol. The van der Waals surface area contributed by atoms with Gasteiger partial charge in [-0.2, -0.15) is 0 Å². The summed E-state index contributed by atoms with van der Waals surface area (Å²) in [7, 11) is 1.56. The van der Waals surface area contributed by atoms with Gasteiger partial charge in [-0.05, 0) is 12.8 Å². The average Bonchev–Trinajstić information content (AvgIpc) is 2.26. The van der Waals surface area contributed by atoms with Crippen molar-refractivity contribution >= 4 is 12.0 Å². The number of carboxylic acid groups (broad SMARTS) is 1. The number of aliphatic carboxylic acids is 1. The molecule has 100 valence electrons. The van der Waals surface area contributed by atoms with Crippen LogP contribution in [0.5, 0.6) is 0 Å². The molecule has 6 heteroatoms. The topological polar surface area (TPSA) is 78.9 Å². The van der Waals surface area contributed by atoms with E-state index < -0.39 is 12.0 Å². The van der Waals surface area contributed by atoms with Crippen LogP contribution < -0.4 is 5.32 Å². The molecule has 6 nitrogen and oxygen atoms in total. The van der Waals surface area contributed by atoms with Crippen molar-refractivity contribution in [3.63, 3.8) is 0 Å². The molecule has 1 atom stereocenters. The minimum absolute atomic E-state index is 0.155. The average molecular weight is 246 g/mol. The van der Waals surface area contributed by atoms with Gasteiger partial charge in [-0.1, -0.05) is 13.8 Å². The van der Waals surface area contributed by atoms with Crippen molar-refractivity contribution in [2.75, 3.05) is 26.8 Å². The summed E-state index contributed by atoms with van der Waals surface area (Å²) < 4.78 is 4.89. The van der Waals surface area contributed by atoms with Crippen molar-refractivity contribution in [1.29, 1.82) is 0 Å². The molecule has 0 rings (SSSR count). The first-order chi connectivity index (χ1) is 7.93. The summed E-state index contributed by atoms with van der Waals surface area (Å²) in [5.41, 5.74) is 0. The first kappa shape index (κ1) is 15.7. The van der Waals surface area contributed by atoms with E-state index in [4.69, 9.17) is 9.84 Å². The van der Waals surface area contributed by atoms with Gasteiger partial charge in [0.25, 0.3) is 0 Å². The van der Waals surface area contributed by atoms with Crippen LogP contribution >= 0.6 is 0 Å². The van der Waals surface area contributed by atoms with Crippen LogP contribution in [0.1, 0.15) is 20.8 Å². The maximum atomic E-state index is 11.8. The molecule has 0 unspecified atom stereocenters. The number of ether oxygens (including phenoxy) is 1. The monoisotopic (exact) mass is 246 g/mol. The number of nitrogens with one attached hydrogen (secondary N) is 1. The lowest BCUT2D eigenvalue weighted by molar-refractivity contribution is -0.140. The number of hydrogen-bond acceptors (Lipinski definition) is 3. The van der Waals surface area contributed by atoms with Crippen LogP contribution in [0.2, 0.25) is 0 Å². The van der Waals surface area contributed by atoms with Crippen LogP contribution in [0.15, 0.2) is 0 Å². The molecule has 0 aromatic carbocycles. The summed E-state index contributed by atoms with van der Waals surface area (Å²) in [5, 5.41) is 11.5. The molecular weight excluding hydrogens is 224 g/mol. The number of rotatable bonds is 7. The molecule has 0 aliphatic carbocycles. The third kappa shape index (κ3) is 5.53. The molecule has 0 fully saturated rings. The molecule has 0 spiro atoms. The van der Waals surface area contributed by atoms with E-state index in [2.05, 4.69) is 5.32 Å². The van der Waals surface area contributed by atoms with Crippen molar-refractivity contribution in [2.45, 2.75) is 26.8 Å². The lowest BCUT2D eigenvalue weighted by Gasteiger charge is -2.25. The maximum Gasteiger partial charge on any atom is 0.326 e. The van der Waals surface area contributed by atoms with Gasteiger partial charge in [0.05, 0.1) is 6.61 Å². The smallest absolute Gasteiger partial charge is 0.326 e. The Bertz CT molecular complexity index is 256. The Morgan fingerprint density at radius 2 is 2.00 bits per heavy atom. The van der Waals surface area contributed by atoms with Crippen molar-refractivity contribution in [1.82, 2.24) is 10.2 Å². The molecule has 2 N–H and O–H groups in total. The highest BCUT2D eigenvalue weighted by molar-refractivity contribution is 5.82. The fraction of sp³-hybridized carbons (Fsp3) is 0.818. The Morgan fingerprint density at radius 3 is 2.35 bits per heavy atom. The van der Waals surface area contributed by atoms with Gasteiger partial charge >= 0.3 is 12.0 Å². The Kier molecular flexibility index (Phi) is 7.29. The minimum Gasteiger partial charge on any atom is -0.480 e. The highest BCUT2D eigenvalue weighted by atomic mass is 16.5. The van der Waals surface area contributed by atoms with Crippen LogP contribution in [0.4, 0.5) is 4.79 Å². The van der Waals surface area contributed by atoms with Crippen LogP contribution in [-0.4, -0.2) is 54.9 Å². The number of urea groups is 1. The van der Waals surface area contributed by atoms with Crippen molar-refractivity contribution < 1.29 is 19.4 Å². The zero-order valence-corrected chi connectivity index (χ0v) is 10.9. The van der Waals surface area contributed by atoms with Crippen molar-refractivity contribution in [3.8, 4) is 0 Å². The van der Waals surface area contributed by atoms with Crippen LogP contribution in [0.3, 0.4) is 0 Å². The largest absolute Gasteiger partial charge is 0.480 e. The van der Waals surface area contributed by atoms with Gasteiger partial charge in [0.2, 0.25) is 0 Å². The number of methoxy groups -OCH3 is 1. The standard InChI is InChI=1S/C11H22N2O4/c1-5-13(6-7-17-4)11(16)12-9(8(2)3)10(14)15/h8-9H,5-7H2,1-4H3,(H,12,16)(H,14,15)/t9-/m0/s1. The van der Waals surface area contributed by atoms with Gasteiger partial charge in [-0.3, -0.25) is 0 Å². The molecule has 0 saturated carbocycles. The number of amides is 2. The number of likely N-dealkylation sites (N-methyl/N-ethyl adjacent to an activating group) is 1. The first-order valence-corrected chi connectivity index (χ1v) is 5.71. The summed E-state index contributed by atoms with van der Waals surface area (Å²) in [6.45, 7) is 6.74. The van der Waals surface area contributed by atoms with Gasteiger partial charge in [-0.25, -0.2) is 9.59 Å². The number of carboxylic acids is 1. The number of hydrogen-bond donors (Lipinski definition) is 2. The Hall–Kier alpha value is -1.30. The quantitative estimate of drug-likeness (QED) is 0.695. The van der Waals surface area contributed by atoms with Gasteiger partial charge in [-0.15, -0.1) is 0 Å². The Balaban J connectivity index is 4.41. The molecule has 0 aromatic heterocycles. The highest BCUT2D eigenvalue weighted by Gasteiger charge is 2.25. The molecular formula is C11H22N2O4. The number of carbonyl (C=O) groups is 2. The third-order valence-corrected chi connectivity index (χ3v) is 2.45. The second-order valence-electron chi connectivity index (χ2n) is 4.08. The summed E-state index contributed by atoms with van der Waals surface area (Å²) >= 11 is 0. The van der Waals surface area contributed by atoms with E-state index in [-0.39, 0.29) is 11.9 Å². The zero-order valence-electron chi connectivity index (χ0n) is 10.9. The molecule has 0 bridgehead atoms. The van der Waals surface area contributed by atoms with E-state index in [1.807, 2.05) is 6.92 Å². The summed E-state index contributed by atoms with van der Waals surface area (Å²) in [6, 6.07) is -1.23. The van der Waals surface area contributed by atoms with Crippen LogP contribution in [0, 0.1) is 5.92 Å². The lowest BCUT2D eigenvalue weighted by Crippen LogP contribution is -2.50. The molecule has 0 saturated heterocycles. The third-order valence-electron chi connectivity index (χ3n) is 2.45. The van der Waals surface area contributed by atoms with E-state index in [1.54, 1.807) is 21.0 Å². The molecule has 0 radical (unpaired) electrons. The molecule has 0 aliphatic rings. The zero-order chi connectivity index (χ0) is 13.4. The van der Waals surface area contributed by atoms with E-state index in [0.29, 0.717) is 19.7 Å². The fourth-order valence-corrected chi connectivity index (χ4v) is 1.34. The summed E-state index contributed by atoms with van der Waals surface area (Å²) in [5.74, 6) is -1.17. The van der Waals surface area contributed by atoms with E-state index in [9.17, 15) is 9.59 Å². The number of nitrogens with zero attached hydrogens (tertiary/aromatic N) is 1. The van der Waals surface area contributed by atoms with Crippen molar-refractivity contribution in [2.24, 2.45) is 5.92 Å². The van der Waals surface area contributed by atoms with E-state index in [1.165, 1.54) is 4.90 Å². The first-order valence-electron chi connectivity index (χ1n) is 5.71. The van der Waals surface area contributed by atoms with Crippen molar-refractivity contribution in [3.05, 3.63) is 0 Å². The lowest BCUT2D eigenvalue weighted by atomic mass is 10.1. The van der Waals surface area contributed by atoms with Gasteiger partial charge in [0.1, 0.15) is 6.04 Å². The van der Waals surface area contributed by atoms with Gasteiger partial charge < -0.3 is 20.1 Å². The molecule has 0 heterocycles. The summed E-state index contributed by atoms with van der Waals surface area (Å²) in [6.07, 6.45) is 0. The van der Waals surface area contributed by atoms with Crippen LogP contribution in [-0.2, 0) is 9.53 Å². The predicted octanol–water partition coefficient (Wildman–Crippen LogP) is 0.773. The van der Waals surface area contributed by atoms with Gasteiger partial charge in [0.15, 0.2) is 0 Å². The molecule has 17 heavy (non-hydrogen) atoms. The molecule has 2 amide bonds. The summed E-state index contributed by atoms with van der Waals surface area (Å²) in [4.78, 5) is 24.3. The molecule has 0 aliphatic heterocycles. The molecule has 0 aromatic rings. The van der Waals surface area contributed by atoms with E-state index in [0.717, 1.165) is 0 Å². The Morgan fingerprint density at radius 1 is 1.41 bits per heavy atom. The normalized spacial score (nSPS) is 12.3. The van der Waals surface area contributed by atoms with Crippen LogP contribution in [0.25, 0.3) is 0 Å². The highest BCUT2D eigenvalue weighted by Crippen LogP contribution is 2.03. The maximum absolute atomic E-state index is 11.8. The SMILES string of the molecule is CCN(CCOC)C(=O)N[C@H](C(=O)O)C(C)C. The fourth-order valence-electron chi connectivity index (χ4n) is 1.34. The number of carbonyl (C=O) groups excluding carboxylic acids is 1. The second-order valence-corrected chi connectivity index (χ2v) is 4.08. The Labute approximate surface area is 102 Å².